The molecule has 0 aliphatic rings. The molecule has 4 rings (SSSR count). The molecular formula is C23H20BrN5O2. The van der Waals surface area contributed by atoms with E-state index in [0.29, 0.717) is 28.7 Å². The van der Waals surface area contributed by atoms with Crippen molar-refractivity contribution >= 4 is 27.5 Å². The summed E-state index contributed by atoms with van der Waals surface area (Å²) in [6.45, 7) is 6.00. The highest BCUT2D eigenvalue weighted by atomic mass is 79.9. The Morgan fingerprint density at radius 3 is 2.23 bits per heavy atom. The first-order valence-electron chi connectivity index (χ1n) is 9.62. The number of nitrogens with one attached hydrogen (secondary N) is 1. The maximum atomic E-state index is 12.3. The largest absolute Gasteiger partial charge is 0.438 e. The van der Waals surface area contributed by atoms with Crippen LogP contribution in [0.4, 0.5) is 5.69 Å². The molecular weight excluding hydrogens is 458 g/mol. The molecule has 0 saturated heterocycles. The summed E-state index contributed by atoms with van der Waals surface area (Å²) in [7, 11) is 0. The van der Waals surface area contributed by atoms with Gasteiger partial charge in [0.25, 0.3) is 5.91 Å². The summed E-state index contributed by atoms with van der Waals surface area (Å²) in [6.07, 6.45) is 0. The fraction of sp³-hybridized carbons (Fsp3) is 0.130. The van der Waals surface area contributed by atoms with Crippen LogP contribution in [0.2, 0.25) is 0 Å². The fourth-order valence-electron chi connectivity index (χ4n) is 2.96. The van der Waals surface area contributed by atoms with E-state index in [2.05, 4.69) is 36.5 Å². The van der Waals surface area contributed by atoms with Crippen LogP contribution in [-0.4, -0.2) is 25.9 Å². The lowest BCUT2D eigenvalue weighted by Crippen LogP contribution is -2.11. The molecule has 7 nitrogen and oxygen atoms in total. The molecule has 0 radical (unpaired) electrons. The molecule has 0 bridgehead atoms. The number of carbonyl (C=O) groups excluding carboxylic acids is 1. The minimum absolute atomic E-state index is 0.179. The molecule has 0 aliphatic heterocycles. The highest BCUT2D eigenvalue weighted by Crippen LogP contribution is 2.23. The Bertz CT molecular complexity index is 1220. The first kappa shape index (κ1) is 20.7. The van der Waals surface area contributed by atoms with Crippen molar-refractivity contribution < 1.29 is 9.53 Å². The van der Waals surface area contributed by atoms with E-state index >= 15 is 0 Å². The van der Waals surface area contributed by atoms with Crippen molar-refractivity contribution in [2.24, 2.45) is 0 Å². The maximum absolute atomic E-state index is 12.3. The number of nitrogens with zero attached hydrogens (tertiary/aromatic N) is 4. The number of ether oxygens (including phenoxy) is 1. The number of aromatic nitrogens is 4. The van der Waals surface area contributed by atoms with E-state index in [4.69, 9.17) is 4.74 Å². The third-order valence-corrected chi connectivity index (χ3v) is 5.47. The Labute approximate surface area is 188 Å². The molecule has 2 aromatic heterocycles. The van der Waals surface area contributed by atoms with Crippen molar-refractivity contribution in [3.63, 3.8) is 0 Å². The van der Waals surface area contributed by atoms with Gasteiger partial charge in [-0.05, 0) is 80.9 Å². The summed E-state index contributed by atoms with van der Waals surface area (Å²) in [5.41, 5.74) is 4.38. The summed E-state index contributed by atoms with van der Waals surface area (Å²) >= 11 is 3.36. The van der Waals surface area contributed by atoms with Gasteiger partial charge in [-0.25, -0.2) is 4.68 Å². The number of anilines is 1. The Morgan fingerprint density at radius 1 is 0.935 bits per heavy atom. The van der Waals surface area contributed by atoms with Gasteiger partial charge in [-0.15, -0.1) is 10.2 Å². The van der Waals surface area contributed by atoms with E-state index in [-0.39, 0.29) is 5.91 Å². The van der Waals surface area contributed by atoms with E-state index in [9.17, 15) is 4.79 Å². The number of hydrogen-bond acceptors (Lipinski definition) is 5. The molecule has 8 heteroatoms. The van der Waals surface area contributed by atoms with E-state index in [0.717, 1.165) is 21.4 Å². The van der Waals surface area contributed by atoms with Crippen LogP contribution in [-0.2, 0) is 0 Å². The maximum Gasteiger partial charge on any atom is 0.255 e. The molecule has 2 heterocycles. The van der Waals surface area contributed by atoms with E-state index in [1.54, 1.807) is 47.1 Å². The van der Waals surface area contributed by atoms with Crippen molar-refractivity contribution in [1.29, 1.82) is 0 Å². The van der Waals surface area contributed by atoms with Gasteiger partial charge in [0.05, 0.1) is 5.69 Å². The number of amides is 1. The lowest BCUT2D eigenvalue weighted by atomic mass is 10.2. The smallest absolute Gasteiger partial charge is 0.255 e. The molecule has 0 saturated carbocycles. The molecule has 31 heavy (non-hydrogen) atoms. The normalized spacial score (nSPS) is 10.7. The average molecular weight is 478 g/mol. The van der Waals surface area contributed by atoms with Gasteiger partial charge in [-0.3, -0.25) is 4.79 Å². The van der Waals surface area contributed by atoms with E-state index in [1.807, 2.05) is 39.0 Å². The van der Waals surface area contributed by atoms with Crippen LogP contribution in [0.25, 0.3) is 5.82 Å². The minimum Gasteiger partial charge on any atom is -0.438 e. The Hall–Kier alpha value is -3.52. The lowest BCUT2D eigenvalue weighted by Gasteiger charge is -2.08. The van der Waals surface area contributed by atoms with Gasteiger partial charge >= 0.3 is 0 Å². The summed E-state index contributed by atoms with van der Waals surface area (Å²) in [5, 5.41) is 15.7. The van der Waals surface area contributed by atoms with Crippen molar-refractivity contribution in [2.45, 2.75) is 20.8 Å². The van der Waals surface area contributed by atoms with Gasteiger partial charge in [0.2, 0.25) is 5.88 Å². The molecule has 0 aliphatic carbocycles. The van der Waals surface area contributed by atoms with Crippen molar-refractivity contribution in [2.75, 3.05) is 5.32 Å². The predicted octanol–water partition coefficient (Wildman–Crippen LogP) is 5.39. The Balaban J connectivity index is 1.41. The third-order valence-electron chi connectivity index (χ3n) is 4.94. The topological polar surface area (TPSA) is 81.9 Å². The van der Waals surface area contributed by atoms with Gasteiger partial charge < -0.3 is 10.1 Å². The lowest BCUT2D eigenvalue weighted by molar-refractivity contribution is 0.102. The van der Waals surface area contributed by atoms with Gasteiger partial charge in [-0.2, -0.15) is 5.10 Å². The number of rotatable bonds is 5. The summed E-state index contributed by atoms with van der Waals surface area (Å²) in [4.78, 5) is 12.3. The van der Waals surface area contributed by atoms with Gasteiger partial charge in [0.15, 0.2) is 5.82 Å². The van der Waals surface area contributed by atoms with E-state index in [1.165, 1.54) is 0 Å². The van der Waals surface area contributed by atoms with Crippen LogP contribution in [0.1, 0.15) is 27.3 Å². The highest BCUT2D eigenvalue weighted by molar-refractivity contribution is 9.10. The number of benzene rings is 2. The molecule has 1 amide bonds. The molecule has 4 aromatic rings. The molecule has 0 fully saturated rings. The highest BCUT2D eigenvalue weighted by Gasteiger charge is 2.11. The molecule has 0 spiro atoms. The molecule has 0 unspecified atom stereocenters. The number of halogens is 1. The van der Waals surface area contributed by atoms with Gasteiger partial charge in [-0.1, -0.05) is 15.9 Å². The molecule has 0 atom stereocenters. The Morgan fingerprint density at radius 2 is 1.65 bits per heavy atom. The minimum atomic E-state index is -0.179. The first-order chi connectivity index (χ1) is 14.9. The monoisotopic (exact) mass is 477 g/mol. The SMILES string of the molecule is Cc1nn(-c2ccc(Oc3ccc(NC(=O)c4ccc(Br)cc4)cc3)nn2)c(C)c1C. The second kappa shape index (κ2) is 8.69. The van der Waals surface area contributed by atoms with Crippen LogP contribution >= 0.6 is 15.9 Å². The quantitative estimate of drug-likeness (QED) is 0.416. The zero-order chi connectivity index (χ0) is 22.0. The third kappa shape index (κ3) is 4.64. The van der Waals surface area contributed by atoms with Crippen molar-refractivity contribution in [3.05, 3.63) is 87.7 Å². The Kier molecular flexibility index (Phi) is 5.81. The van der Waals surface area contributed by atoms with Crippen LogP contribution < -0.4 is 10.1 Å². The summed E-state index contributed by atoms with van der Waals surface area (Å²) in [6, 6.07) is 17.8. The molecule has 2 aromatic carbocycles. The van der Waals surface area contributed by atoms with Crippen molar-refractivity contribution in [3.8, 4) is 17.4 Å². The zero-order valence-corrected chi connectivity index (χ0v) is 18.8. The second-order valence-electron chi connectivity index (χ2n) is 7.02. The average Bonchev–Trinajstić information content (AvgIpc) is 3.03. The number of carbonyl (C=O) groups is 1. The fourth-order valence-corrected chi connectivity index (χ4v) is 3.22. The van der Waals surface area contributed by atoms with Crippen LogP contribution in [0, 0.1) is 20.8 Å². The summed E-state index contributed by atoms with van der Waals surface area (Å²) in [5.74, 6) is 1.41. The van der Waals surface area contributed by atoms with Crippen LogP contribution in [0.3, 0.4) is 0 Å². The van der Waals surface area contributed by atoms with Crippen molar-refractivity contribution in [1.82, 2.24) is 20.0 Å². The summed E-state index contributed by atoms with van der Waals surface area (Å²) < 4.78 is 8.46. The first-order valence-corrected chi connectivity index (χ1v) is 10.4. The molecule has 1 N–H and O–H groups in total. The standard InChI is InChI=1S/C23H20BrN5O2/c1-14-15(2)28-29(16(14)3)21-12-13-22(27-26-21)31-20-10-8-19(9-11-20)25-23(30)17-4-6-18(24)7-5-17/h4-13H,1-3H3,(H,25,30). The number of aryl methyl sites for hydroxylation is 1. The van der Waals surface area contributed by atoms with Gasteiger partial charge in [0.1, 0.15) is 5.75 Å². The van der Waals surface area contributed by atoms with Crippen LogP contribution in [0.5, 0.6) is 11.6 Å². The molecule has 156 valence electrons. The zero-order valence-electron chi connectivity index (χ0n) is 17.3. The number of hydrogen-bond donors (Lipinski definition) is 1. The van der Waals surface area contributed by atoms with E-state index < -0.39 is 0 Å². The predicted molar refractivity (Wildman–Crippen MR) is 122 cm³/mol. The van der Waals surface area contributed by atoms with Gasteiger partial charge in [0, 0.05) is 27.5 Å². The second-order valence-corrected chi connectivity index (χ2v) is 7.94. The van der Waals surface area contributed by atoms with Crippen LogP contribution in [0.15, 0.2) is 65.1 Å².